The summed E-state index contributed by atoms with van der Waals surface area (Å²) in [4.78, 5) is 12.9. The van der Waals surface area contributed by atoms with Crippen molar-refractivity contribution in [2.75, 3.05) is 6.61 Å². The Hall–Kier alpha value is -1.63. The average molecular weight is 569 g/mol. The molecule has 3 aromatic rings. The van der Waals surface area contributed by atoms with Crippen molar-refractivity contribution in [1.29, 1.82) is 0 Å². The predicted molar refractivity (Wildman–Crippen MR) is 121 cm³/mol. The van der Waals surface area contributed by atoms with Crippen LogP contribution in [0.1, 0.15) is 21.5 Å². The Labute approximate surface area is 189 Å². The molecule has 0 unspecified atom stereocenters. The number of halogens is 3. The number of esters is 1. The summed E-state index contributed by atoms with van der Waals surface area (Å²) in [6, 6.07) is 19.1. The fourth-order valence-corrected chi connectivity index (χ4v) is 4.56. The van der Waals surface area contributed by atoms with E-state index in [-0.39, 0.29) is 0 Å². The van der Waals surface area contributed by atoms with Gasteiger partial charge in [-0.2, -0.15) is 0 Å². The van der Waals surface area contributed by atoms with Gasteiger partial charge >= 0.3 is 5.97 Å². The SMILES string of the molecule is Cc1cc(Br)cc(Br)c1OC(=O)c1cc(Br)ccc1OCCc1ccccc1. The number of hydrogen-bond acceptors (Lipinski definition) is 3. The van der Waals surface area contributed by atoms with Gasteiger partial charge < -0.3 is 9.47 Å². The molecule has 0 saturated heterocycles. The summed E-state index contributed by atoms with van der Waals surface area (Å²) in [6.45, 7) is 2.35. The molecule has 0 radical (unpaired) electrons. The number of aryl methyl sites for hydroxylation is 1. The first-order valence-electron chi connectivity index (χ1n) is 8.58. The maximum absolute atomic E-state index is 12.9. The van der Waals surface area contributed by atoms with Gasteiger partial charge in [0.1, 0.15) is 17.1 Å². The molecule has 0 aliphatic carbocycles. The van der Waals surface area contributed by atoms with Crippen molar-refractivity contribution >= 4 is 53.8 Å². The molecule has 0 N–H and O–H groups in total. The van der Waals surface area contributed by atoms with E-state index in [1.165, 1.54) is 5.56 Å². The van der Waals surface area contributed by atoms with E-state index in [2.05, 4.69) is 47.8 Å². The molecule has 3 rings (SSSR count). The van der Waals surface area contributed by atoms with E-state index in [4.69, 9.17) is 9.47 Å². The molecule has 0 fully saturated rings. The Morgan fingerprint density at radius 3 is 2.39 bits per heavy atom. The number of benzene rings is 3. The van der Waals surface area contributed by atoms with Crippen LogP contribution in [-0.2, 0) is 6.42 Å². The minimum absolute atomic E-state index is 0.372. The number of carbonyl (C=O) groups is 1. The highest BCUT2D eigenvalue weighted by atomic mass is 79.9. The van der Waals surface area contributed by atoms with Crippen molar-refractivity contribution in [2.24, 2.45) is 0 Å². The third-order valence-corrected chi connectivity index (χ3v) is 5.58. The largest absolute Gasteiger partial charge is 0.492 e. The Balaban J connectivity index is 1.77. The maximum Gasteiger partial charge on any atom is 0.347 e. The van der Waals surface area contributed by atoms with Crippen LogP contribution >= 0.6 is 47.8 Å². The van der Waals surface area contributed by atoms with E-state index in [1.54, 1.807) is 12.1 Å². The third kappa shape index (κ3) is 5.46. The molecular formula is C22H17Br3O3. The normalized spacial score (nSPS) is 10.6. The summed E-state index contributed by atoms with van der Waals surface area (Å²) in [5.41, 5.74) is 2.39. The van der Waals surface area contributed by atoms with Gasteiger partial charge in [0.05, 0.1) is 11.1 Å². The van der Waals surface area contributed by atoms with Gasteiger partial charge in [-0.3, -0.25) is 0 Å². The minimum Gasteiger partial charge on any atom is -0.492 e. The zero-order chi connectivity index (χ0) is 20.1. The molecule has 0 spiro atoms. The first-order chi connectivity index (χ1) is 13.4. The topological polar surface area (TPSA) is 35.5 Å². The fourth-order valence-electron chi connectivity index (χ4n) is 2.68. The van der Waals surface area contributed by atoms with Crippen molar-refractivity contribution in [3.05, 3.63) is 90.8 Å². The van der Waals surface area contributed by atoms with Gasteiger partial charge in [-0.15, -0.1) is 0 Å². The first kappa shape index (κ1) is 21.1. The molecule has 28 heavy (non-hydrogen) atoms. The molecule has 3 aromatic carbocycles. The highest BCUT2D eigenvalue weighted by Gasteiger charge is 2.18. The molecule has 0 aliphatic heterocycles. The highest BCUT2D eigenvalue weighted by Crippen LogP contribution is 2.34. The molecule has 3 nitrogen and oxygen atoms in total. The average Bonchev–Trinajstić information content (AvgIpc) is 2.66. The number of rotatable bonds is 6. The lowest BCUT2D eigenvalue weighted by Crippen LogP contribution is -2.13. The van der Waals surface area contributed by atoms with E-state index in [9.17, 15) is 4.79 Å². The standard InChI is InChI=1S/C22H17Br3O3/c1-14-11-17(24)13-19(25)21(14)28-22(26)18-12-16(23)7-8-20(18)27-10-9-15-5-3-2-4-6-15/h2-8,11-13H,9-10H2,1H3. The van der Waals surface area contributed by atoms with Gasteiger partial charge in [-0.05, 0) is 64.3 Å². The molecule has 0 amide bonds. The second-order valence-electron chi connectivity index (χ2n) is 6.15. The summed E-state index contributed by atoms with van der Waals surface area (Å²) in [7, 11) is 0. The summed E-state index contributed by atoms with van der Waals surface area (Å²) in [5, 5.41) is 0. The molecule has 0 atom stereocenters. The van der Waals surface area contributed by atoms with Crippen LogP contribution < -0.4 is 9.47 Å². The van der Waals surface area contributed by atoms with Crippen LogP contribution in [-0.4, -0.2) is 12.6 Å². The van der Waals surface area contributed by atoms with Gasteiger partial charge in [0.2, 0.25) is 0 Å². The van der Waals surface area contributed by atoms with Crippen LogP contribution in [0.2, 0.25) is 0 Å². The summed E-state index contributed by atoms with van der Waals surface area (Å²) in [5.74, 6) is 0.514. The van der Waals surface area contributed by atoms with Crippen molar-refractivity contribution in [3.8, 4) is 11.5 Å². The van der Waals surface area contributed by atoms with Crippen molar-refractivity contribution in [1.82, 2.24) is 0 Å². The molecular weight excluding hydrogens is 552 g/mol. The van der Waals surface area contributed by atoms with Crippen LogP contribution in [0.5, 0.6) is 11.5 Å². The van der Waals surface area contributed by atoms with E-state index in [0.29, 0.717) is 28.1 Å². The molecule has 0 heterocycles. The number of carbonyl (C=O) groups excluding carboxylic acids is 1. The summed E-state index contributed by atoms with van der Waals surface area (Å²) < 4.78 is 14.0. The lowest BCUT2D eigenvalue weighted by molar-refractivity contribution is 0.0727. The summed E-state index contributed by atoms with van der Waals surface area (Å²) in [6.07, 6.45) is 0.753. The van der Waals surface area contributed by atoms with Gasteiger partial charge in [0.15, 0.2) is 0 Å². The smallest absolute Gasteiger partial charge is 0.347 e. The lowest BCUT2D eigenvalue weighted by Gasteiger charge is -2.14. The van der Waals surface area contributed by atoms with Gasteiger partial charge in [-0.1, -0.05) is 62.2 Å². The lowest BCUT2D eigenvalue weighted by atomic mass is 10.1. The molecule has 0 saturated carbocycles. The van der Waals surface area contributed by atoms with Crippen LogP contribution in [0.3, 0.4) is 0 Å². The Morgan fingerprint density at radius 1 is 0.929 bits per heavy atom. The molecule has 0 bridgehead atoms. The minimum atomic E-state index is -0.470. The first-order valence-corrected chi connectivity index (χ1v) is 11.0. The Kier molecular flexibility index (Phi) is 7.32. The quantitative estimate of drug-likeness (QED) is 0.234. The second kappa shape index (κ2) is 9.72. The number of ether oxygens (including phenoxy) is 2. The van der Waals surface area contributed by atoms with E-state index >= 15 is 0 Å². The second-order valence-corrected chi connectivity index (χ2v) is 8.83. The monoisotopic (exact) mass is 566 g/mol. The fraction of sp³-hybridized carbons (Fsp3) is 0.136. The number of hydrogen-bond donors (Lipinski definition) is 0. The van der Waals surface area contributed by atoms with Crippen molar-refractivity contribution < 1.29 is 14.3 Å². The third-order valence-electron chi connectivity index (χ3n) is 4.04. The predicted octanol–water partition coefficient (Wildman–Crippen LogP) is 7.12. The van der Waals surface area contributed by atoms with Crippen molar-refractivity contribution in [2.45, 2.75) is 13.3 Å². The molecule has 144 valence electrons. The van der Waals surface area contributed by atoms with Crippen LogP contribution in [0.4, 0.5) is 0 Å². The Bertz CT molecular complexity index is 965. The molecule has 6 heteroatoms. The highest BCUT2D eigenvalue weighted by molar-refractivity contribution is 9.11. The molecule has 0 aliphatic rings. The van der Waals surface area contributed by atoms with Crippen LogP contribution in [0, 0.1) is 6.92 Å². The van der Waals surface area contributed by atoms with Crippen LogP contribution in [0.15, 0.2) is 74.1 Å². The Morgan fingerprint density at radius 2 is 1.68 bits per heavy atom. The zero-order valence-corrected chi connectivity index (χ0v) is 19.8. The van der Waals surface area contributed by atoms with Crippen LogP contribution in [0.25, 0.3) is 0 Å². The zero-order valence-electron chi connectivity index (χ0n) is 15.0. The van der Waals surface area contributed by atoms with Crippen molar-refractivity contribution in [3.63, 3.8) is 0 Å². The van der Waals surface area contributed by atoms with Gasteiger partial charge in [-0.25, -0.2) is 4.79 Å². The van der Waals surface area contributed by atoms with Gasteiger partial charge in [0.25, 0.3) is 0 Å². The molecule has 0 aromatic heterocycles. The van der Waals surface area contributed by atoms with E-state index in [1.807, 2.05) is 55.5 Å². The summed E-state index contributed by atoms with van der Waals surface area (Å²) >= 11 is 10.3. The van der Waals surface area contributed by atoms with E-state index in [0.717, 1.165) is 20.9 Å². The van der Waals surface area contributed by atoms with Gasteiger partial charge in [0, 0.05) is 15.4 Å². The maximum atomic E-state index is 12.9. The van der Waals surface area contributed by atoms with E-state index < -0.39 is 5.97 Å².